The average molecular weight is 420 g/mol. The number of amides is 2. The van der Waals surface area contributed by atoms with Gasteiger partial charge in [0.15, 0.2) is 6.23 Å². The quantitative estimate of drug-likeness (QED) is 0.747. The smallest absolute Gasteiger partial charge is 0.320 e. The van der Waals surface area contributed by atoms with Crippen LogP contribution in [0.4, 0.5) is 4.79 Å². The van der Waals surface area contributed by atoms with E-state index < -0.39 is 6.23 Å². The van der Waals surface area contributed by atoms with Crippen LogP contribution < -0.4 is 15.4 Å². The summed E-state index contributed by atoms with van der Waals surface area (Å²) in [6.45, 7) is 2.92. The molecular weight excluding hydrogens is 399 g/mol. The second-order valence-corrected chi connectivity index (χ2v) is 5.86. The minimum absolute atomic E-state index is 0. The second kappa shape index (κ2) is 11.1. The fourth-order valence-corrected chi connectivity index (χ4v) is 2.67. The van der Waals surface area contributed by atoms with Crippen LogP contribution in [0.1, 0.15) is 11.8 Å². The number of benzene rings is 1. The maximum absolute atomic E-state index is 12.5. The monoisotopic (exact) mass is 418 g/mol. The molecule has 0 aliphatic carbocycles. The molecule has 6 nitrogen and oxygen atoms in total. The van der Waals surface area contributed by atoms with E-state index in [9.17, 15) is 4.79 Å². The van der Waals surface area contributed by atoms with Crippen molar-refractivity contribution in [3.8, 4) is 5.75 Å². The summed E-state index contributed by atoms with van der Waals surface area (Å²) in [5.41, 5.74) is 0.773. The number of hydrogen-bond acceptors (Lipinski definition) is 4. The lowest BCUT2D eigenvalue weighted by Gasteiger charge is -2.30. The highest BCUT2D eigenvalue weighted by Crippen LogP contribution is 2.22. The first kappa shape index (κ1) is 22.3. The largest absolute Gasteiger partial charge is 0.465 e. The van der Waals surface area contributed by atoms with Crippen molar-refractivity contribution < 1.29 is 9.53 Å². The molecule has 0 spiro atoms. The lowest BCUT2D eigenvalue weighted by Crippen LogP contribution is -2.51. The summed E-state index contributed by atoms with van der Waals surface area (Å²) in [4.78, 5) is 18.3. The van der Waals surface area contributed by atoms with Gasteiger partial charge in [-0.15, -0.1) is 24.8 Å². The summed E-state index contributed by atoms with van der Waals surface area (Å²) < 4.78 is 5.92. The zero-order chi connectivity index (χ0) is 16.8. The van der Waals surface area contributed by atoms with E-state index in [4.69, 9.17) is 16.3 Å². The van der Waals surface area contributed by atoms with Crippen LogP contribution in [0.5, 0.6) is 5.75 Å². The number of piperazine rings is 1. The first-order chi connectivity index (χ1) is 11.7. The van der Waals surface area contributed by atoms with Gasteiger partial charge in [-0.1, -0.05) is 23.7 Å². The number of aromatic nitrogens is 1. The Labute approximate surface area is 170 Å². The molecular formula is C17H21Cl3N4O2. The number of hydrogen-bond donors (Lipinski definition) is 2. The summed E-state index contributed by atoms with van der Waals surface area (Å²) in [6, 6.07) is 10.7. The molecule has 0 saturated carbocycles. The van der Waals surface area contributed by atoms with Gasteiger partial charge in [0.2, 0.25) is 0 Å². The van der Waals surface area contributed by atoms with E-state index in [1.807, 2.05) is 12.1 Å². The molecule has 0 radical (unpaired) electrons. The highest BCUT2D eigenvalue weighted by atomic mass is 35.5. The maximum atomic E-state index is 12.5. The summed E-state index contributed by atoms with van der Waals surface area (Å²) in [7, 11) is 0. The number of ether oxygens (including phenoxy) is 1. The van der Waals surface area contributed by atoms with Gasteiger partial charge in [-0.25, -0.2) is 4.79 Å². The minimum atomic E-state index is -0.643. The SMILES string of the molecule is Cl.Cl.O=C(NC(Oc1cccnc1)c1cccc(Cl)c1)N1CCNCC1. The lowest BCUT2D eigenvalue weighted by atomic mass is 10.2. The van der Waals surface area contributed by atoms with E-state index in [2.05, 4.69) is 15.6 Å². The lowest BCUT2D eigenvalue weighted by molar-refractivity contribution is 0.140. The summed E-state index contributed by atoms with van der Waals surface area (Å²) in [6.07, 6.45) is 2.63. The summed E-state index contributed by atoms with van der Waals surface area (Å²) >= 11 is 6.08. The predicted molar refractivity (Wildman–Crippen MR) is 107 cm³/mol. The van der Waals surface area contributed by atoms with Crippen molar-refractivity contribution in [2.75, 3.05) is 26.2 Å². The molecule has 26 heavy (non-hydrogen) atoms. The molecule has 2 N–H and O–H groups in total. The van der Waals surface area contributed by atoms with Gasteiger partial charge < -0.3 is 15.0 Å². The third kappa shape index (κ3) is 6.21. The van der Waals surface area contributed by atoms with Crippen molar-refractivity contribution in [3.05, 3.63) is 59.4 Å². The van der Waals surface area contributed by atoms with Gasteiger partial charge in [0.25, 0.3) is 0 Å². The molecule has 1 saturated heterocycles. The second-order valence-electron chi connectivity index (χ2n) is 5.43. The summed E-state index contributed by atoms with van der Waals surface area (Å²) in [5, 5.41) is 6.74. The molecule has 1 aliphatic rings. The molecule has 1 atom stereocenters. The maximum Gasteiger partial charge on any atom is 0.320 e. The number of nitrogens with one attached hydrogen (secondary N) is 2. The number of rotatable bonds is 4. The Bertz CT molecular complexity index is 685. The molecule has 1 aromatic carbocycles. The Balaban J connectivity index is 0.00000169. The van der Waals surface area contributed by atoms with Gasteiger partial charge >= 0.3 is 6.03 Å². The molecule has 1 fully saturated rings. The van der Waals surface area contributed by atoms with Crippen LogP contribution in [-0.4, -0.2) is 42.1 Å². The van der Waals surface area contributed by atoms with Crippen molar-refractivity contribution in [2.45, 2.75) is 6.23 Å². The van der Waals surface area contributed by atoms with Gasteiger partial charge in [-0.05, 0) is 24.3 Å². The summed E-state index contributed by atoms with van der Waals surface area (Å²) in [5.74, 6) is 0.572. The van der Waals surface area contributed by atoms with Crippen LogP contribution in [0.2, 0.25) is 5.02 Å². The Hall–Kier alpha value is -1.73. The highest BCUT2D eigenvalue weighted by Gasteiger charge is 2.22. The first-order valence-corrected chi connectivity index (χ1v) is 8.18. The van der Waals surface area contributed by atoms with Gasteiger partial charge in [0, 0.05) is 43.0 Å². The molecule has 9 heteroatoms. The zero-order valence-corrected chi connectivity index (χ0v) is 16.3. The molecule has 2 heterocycles. The highest BCUT2D eigenvalue weighted by molar-refractivity contribution is 6.30. The number of halogens is 3. The van der Waals surface area contributed by atoms with Gasteiger partial charge in [0.1, 0.15) is 5.75 Å². The topological polar surface area (TPSA) is 66.5 Å². The first-order valence-electron chi connectivity index (χ1n) is 7.81. The Kier molecular flexibility index (Phi) is 9.51. The van der Waals surface area contributed by atoms with Gasteiger partial charge in [-0.2, -0.15) is 0 Å². The molecule has 2 aromatic rings. The number of carbonyl (C=O) groups excluding carboxylic acids is 1. The van der Waals surface area contributed by atoms with Crippen molar-refractivity contribution in [1.82, 2.24) is 20.5 Å². The molecule has 1 unspecified atom stereocenters. The van der Waals surface area contributed by atoms with Crippen molar-refractivity contribution in [1.29, 1.82) is 0 Å². The van der Waals surface area contributed by atoms with E-state index >= 15 is 0 Å². The molecule has 142 valence electrons. The fraction of sp³-hybridized carbons (Fsp3) is 0.294. The Morgan fingerprint density at radius 1 is 1.23 bits per heavy atom. The molecule has 1 aliphatic heterocycles. The van der Waals surface area contributed by atoms with E-state index in [1.54, 1.807) is 41.6 Å². The van der Waals surface area contributed by atoms with Crippen LogP contribution in [0.3, 0.4) is 0 Å². The van der Waals surface area contributed by atoms with Crippen LogP contribution >= 0.6 is 36.4 Å². The van der Waals surface area contributed by atoms with Crippen LogP contribution in [-0.2, 0) is 0 Å². The molecule has 2 amide bonds. The van der Waals surface area contributed by atoms with Crippen molar-refractivity contribution >= 4 is 42.4 Å². The fourth-order valence-electron chi connectivity index (χ4n) is 2.47. The van der Waals surface area contributed by atoms with Crippen molar-refractivity contribution in [3.63, 3.8) is 0 Å². The van der Waals surface area contributed by atoms with Crippen molar-refractivity contribution in [2.24, 2.45) is 0 Å². The number of nitrogens with zero attached hydrogens (tertiary/aromatic N) is 2. The van der Waals surface area contributed by atoms with E-state index in [-0.39, 0.29) is 30.8 Å². The van der Waals surface area contributed by atoms with Crippen LogP contribution in [0.25, 0.3) is 0 Å². The zero-order valence-electron chi connectivity index (χ0n) is 13.9. The third-order valence-electron chi connectivity index (χ3n) is 3.70. The molecule has 3 rings (SSSR count). The average Bonchev–Trinajstić information content (AvgIpc) is 2.63. The normalized spacial score (nSPS) is 14.4. The van der Waals surface area contributed by atoms with Gasteiger partial charge in [-0.3, -0.25) is 10.3 Å². The number of urea groups is 1. The predicted octanol–water partition coefficient (Wildman–Crippen LogP) is 3.27. The van der Waals surface area contributed by atoms with Crippen LogP contribution in [0.15, 0.2) is 48.8 Å². The van der Waals surface area contributed by atoms with E-state index in [0.29, 0.717) is 23.9 Å². The Morgan fingerprint density at radius 2 is 2.00 bits per heavy atom. The minimum Gasteiger partial charge on any atom is -0.465 e. The number of pyridine rings is 1. The third-order valence-corrected chi connectivity index (χ3v) is 3.93. The molecule has 0 bridgehead atoms. The molecule has 1 aromatic heterocycles. The van der Waals surface area contributed by atoms with E-state index in [1.165, 1.54) is 0 Å². The van der Waals surface area contributed by atoms with Gasteiger partial charge in [0.05, 0.1) is 6.20 Å². The standard InChI is InChI=1S/C17H19ClN4O2.2ClH/c18-14-4-1-3-13(11-14)16(24-15-5-2-6-20-12-15)21-17(23)22-9-7-19-8-10-22;;/h1-6,11-12,16,19H,7-10H2,(H,21,23);2*1H. The van der Waals surface area contributed by atoms with E-state index in [0.717, 1.165) is 18.7 Å². The number of carbonyl (C=O) groups is 1. The van der Waals surface area contributed by atoms with Crippen LogP contribution in [0, 0.1) is 0 Å². The Morgan fingerprint density at radius 3 is 2.65 bits per heavy atom.